The van der Waals surface area contributed by atoms with Gasteiger partial charge >= 0.3 is 5.97 Å². The molecule has 2 rings (SSSR count). The molecular weight excluding hydrogens is 190 g/mol. The van der Waals surface area contributed by atoms with E-state index in [0.717, 1.165) is 5.56 Å². The Kier molecular flexibility index (Phi) is 2.31. The fourth-order valence-corrected chi connectivity index (χ4v) is 1.77. The lowest BCUT2D eigenvalue weighted by molar-refractivity contribution is -0.138. The second-order valence-electron chi connectivity index (χ2n) is 3.96. The highest BCUT2D eigenvalue weighted by Crippen LogP contribution is 2.24. The summed E-state index contributed by atoms with van der Waals surface area (Å²) in [6.45, 7) is 3.51. The van der Waals surface area contributed by atoms with Gasteiger partial charge in [-0.2, -0.15) is 0 Å². The molecule has 3 heteroatoms. The molecule has 0 aromatic heterocycles. The van der Waals surface area contributed by atoms with Crippen LogP contribution in [0.5, 0.6) is 0 Å². The van der Waals surface area contributed by atoms with Crippen LogP contribution >= 0.6 is 0 Å². The van der Waals surface area contributed by atoms with Crippen LogP contribution in [0.3, 0.4) is 0 Å². The Labute approximate surface area is 88.8 Å². The molecule has 0 N–H and O–H groups in total. The molecule has 0 radical (unpaired) electrons. The highest BCUT2D eigenvalue weighted by atomic mass is 16.6. The molecule has 1 aliphatic heterocycles. The monoisotopic (exact) mass is 203 g/mol. The van der Waals surface area contributed by atoms with Gasteiger partial charge in [0.05, 0.1) is 0 Å². The molecule has 0 saturated heterocycles. The lowest BCUT2D eigenvalue weighted by Gasteiger charge is -2.15. The zero-order valence-electron chi connectivity index (χ0n) is 8.86. The van der Waals surface area contributed by atoms with Crippen LogP contribution in [-0.2, 0) is 16.0 Å². The molecule has 0 unspecified atom stereocenters. The molecule has 0 fully saturated rings. The van der Waals surface area contributed by atoms with Crippen LogP contribution in [0, 0.1) is 0 Å². The smallest absolute Gasteiger partial charge is 0.340 e. The van der Waals surface area contributed by atoms with E-state index in [2.05, 4.69) is 4.99 Å². The van der Waals surface area contributed by atoms with Gasteiger partial charge in [0.25, 0.3) is 0 Å². The topological polar surface area (TPSA) is 38.7 Å². The molecule has 1 aromatic carbocycles. The van der Waals surface area contributed by atoms with E-state index in [1.54, 1.807) is 13.8 Å². The lowest BCUT2D eigenvalue weighted by atomic mass is 9.94. The van der Waals surface area contributed by atoms with Crippen molar-refractivity contribution in [2.75, 3.05) is 0 Å². The van der Waals surface area contributed by atoms with E-state index >= 15 is 0 Å². The maximum atomic E-state index is 11.6. The van der Waals surface area contributed by atoms with Gasteiger partial charge in [0, 0.05) is 13.3 Å². The molecule has 15 heavy (non-hydrogen) atoms. The number of nitrogens with zero attached hydrogens (tertiary/aromatic N) is 1. The third-order valence-corrected chi connectivity index (χ3v) is 2.48. The SMILES string of the molecule is CC1=N[C@@](C)(Cc2ccccc2)C(=O)O1. The second-order valence-corrected chi connectivity index (χ2v) is 3.96. The zero-order chi connectivity index (χ0) is 10.9. The van der Waals surface area contributed by atoms with Gasteiger partial charge < -0.3 is 4.74 Å². The minimum atomic E-state index is -0.745. The van der Waals surface area contributed by atoms with Crippen molar-refractivity contribution in [3.05, 3.63) is 35.9 Å². The maximum Gasteiger partial charge on any atom is 0.340 e. The number of benzene rings is 1. The summed E-state index contributed by atoms with van der Waals surface area (Å²) in [4.78, 5) is 15.8. The van der Waals surface area contributed by atoms with Crippen molar-refractivity contribution in [3.63, 3.8) is 0 Å². The van der Waals surface area contributed by atoms with Crippen molar-refractivity contribution < 1.29 is 9.53 Å². The normalized spacial score (nSPS) is 24.9. The van der Waals surface area contributed by atoms with Crippen LogP contribution in [0.2, 0.25) is 0 Å². The minimum Gasteiger partial charge on any atom is -0.410 e. The van der Waals surface area contributed by atoms with Crippen LogP contribution in [0.4, 0.5) is 0 Å². The fraction of sp³-hybridized carbons (Fsp3) is 0.333. The number of esters is 1. The summed E-state index contributed by atoms with van der Waals surface area (Å²) >= 11 is 0. The van der Waals surface area contributed by atoms with E-state index in [0.29, 0.717) is 12.3 Å². The summed E-state index contributed by atoms with van der Waals surface area (Å²) in [7, 11) is 0. The third kappa shape index (κ3) is 1.91. The van der Waals surface area contributed by atoms with E-state index in [1.807, 2.05) is 30.3 Å². The number of cyclic esters (lactones) is 1. The first-order valence-corrected chi connectivity index (χ1v) is 4.93. The van der Waals surface area contributed by atoms with Crippen molar-refractivity contribution in [1.29, 1.82) is 0 Å². The summed E-state index contributed by atoms with van der Waals surface area (Å²) < 4.78 is 4.96. The minimum absolute atomic E-state index is 0.260. The highest BCUT2D eigenvalue weighted by Gasteiger charge is 2.40. The summed E-state index contributed by atoms with van der Waals surface area (Å²) in [6.07, 6.45) is 0.587. The second kappa shape index (κ2) is 3.50. The average molecular weight is 203 g/mol. The summed E-state index contributed by atoms with van der Waals surface area (Å²) in [5, 5.41) is 0. The van der Waals surface area contributed by atoms with Crippen LogP contribution < -0.4 is 0 Å². The summed E-state index contributed by atoms with van der Waals surface area (Å²) in [5.41, 5.74) is 0.348. The predicted octanol–water partition coefficient (Wildman–Crippen LogP) is 1.96. The van der Waals surface area contributed by atoms with Crippen molar-refractivity contribution in [1.82, 2.24) is 0 Å². The van der Waals surface area contributed by atoms with Crippen molar-refractivity contribution >= 4 is 11.9 Å². The molecule has 0 bridgehead atoms. The molecular formula is C12H13NO2. The van der Waals surface area contributed by atoms with Gasteiger partial charge in [-0.1, -0.05) is 30.3 Å². The molecule has 0 saturated carbocycles. The Morgan fingerprint density at radius 2 is 2.00 bits per heavy atom. The van der Waals surface area contributed by atoms with E-state index in [9.17, 15) is 4.79 Å². The molecule has 1 aromatic rings. The van der Waals surface area contributed by atoms with Gasteiger partial charge in [0.2, 0.25) is 0 Å². The standard InChI is InChI=1S/C12H13NO2/c1-9-13-12(2,11(14)15-9)8-10-6-4-3-5-7-10/h3-7H,8H2,1-2H3/t12-/m0/s1. The Balaban J connectivity index is 2.22. The molecule has 1 heterocycles. The molecule has 1 atom stereocenters. The number of hydrogen-bond acceptors (Lipinski definition) is 3. The average Bonchev–Trinajstić information content (AvgIpc) is 2.41. The highest BCUT2D eigenvalue weighted by molar-refractivity contribution is 5.98. The van der Waals surface area contributed by atoms with E-state index in [-0.39, 0.29) is 5.97 Å². The quantitative estimate of drug-likeness (QED) is 0.689. The number of aliphatic imine (C=N–C) groups is 1. The number of ether oxygens (including phenoxy) is 1. The van der Waals surface area contributed by atoms with Crippen LogP contribution in [-0.4, -0.2) is 17.4 Å². The molecule has 0 amide bonds. The largest absolute Gasteiger partial charge is 0.410 e. The maximum absolute atomic E-state index is 11.6. The molecule has 0 spiro atoms. The Morgan fingerprint density at radius 1 is 1.33 bits per heavy atom. The first-order valence-electron chi connectivity index (χ1n) is 4.93. The molecule has 78 valence electrons. The number of rotatable bonds is 2. The van der Waals surface area contributed by atoms with Crippen LogP contribution in [0.15, 0.2) is 35.3 Å². The van der Waals surface area contributed by atoms with E-state index in [1.165, 1.54) is 0 Å². The first-order chi connectivity index (χ1) is 7.10. The van der Waals surface area contributed by atoms with E-state index < -0.39 is 5.54 Å². The van der Waals surface area contributed by atoms with Gasteiger partial charge in [-0.05, 0) is 12.5 Å². The predicted molar refractivity (Wildman–Crippen MR) is 57.8 cm³/mol. The molecule has 1 aliphatic rings. The zero-order valence-corrected chi connectivity index (χ0v) is 8.86. The van der Waals surface area contributed by atoms with Crippen LogP contribution in [0.1, 0.15) is 19.4 Å². The van der Waals surface area contributed by atoms with Crippen molar-refractivity contribution in [2.24, 2.45) is 4.99 Å². The van der Waals surface area contributed by atoms with E-state index in [4.69, 9.17) is 4.74 Å². The number of carbonyl (C=O) groups excluding carboxylic acids is 1. The first kappa shape index (κ1) is 9.90. The Hall–Kier alpha value is -1.64. The lowest BCUT2D eigenvalue weighted by Crippen LogP contribution is -2.32. The van der Waals surface area contributed by atoms with Gasteiger partial charge in [-0.25, -0.2) is 9.79 Å². The number of hydrogen-bond donors (Lipinski definition) is 0. The molecule has 3 nitrogen and oxygen atoms in total. The van der Waals surface area contributed by atoms with Gasteiger partial charge in [0.1, 0.15) is 0 Å². The van der Waals surface area contributed by atoms with Crippen LogP contribution in [0.25, 0.3) is 0 Å². The van der Waals surface area contributed by atoms with Gasteiger partial charge in [0.15, 0.2) is 11.4 Å². The Morgan fingerprint density at radius 3 is 2.53 bits per heavy atom. The Bertz CT molecular complexity index is 411. The number of carbonyl (C=O) groups is 1. The van der Waals surface area contributed by atoms with Crippen molar-refractivity contribution in [2.45, 2.75) is 25.8 Å². The molecule has 0 aliphatic carbocycles. The van der Waals surface area contributed by atoms with Gasteiger partial charge in [-0.3, -0.25) is 0 Å². The summed E-state index contributed by atoms with van der Waals surface area (Å²) in [6, 6.07) is 9.84. The van der Waals surface area contributed by atoms with Gasteiger partial charge in [-0.15, -0.1) is 0 Å². The van der Waals surface area contributed by atoms with Crippen molar-refractivity contribution in [3.8, 4) is 0 Å². The fourth-order valence-electron chi connectivity index (χ4n) is 1.77. The third-order valence-electron chi connectivity index (χ3n) is 2.48. The summed E-state index contributed by atoms with van der Waals surface area (Å²) in [5.74, 6) is 0.197.